The lowest BCUT2D eigenvalue weighted by molar-refractivity contribution is -0.146. The molecule has 0 saturated carbocycles. The van der Waals surface area contributed by atoms with Gasteiger partial charge in [-0.1, -0.05) is 77.3 Å². The van der Waals surface area contributed by atoms with Crippen molar-refractivity contribution in [2.75, 3.05) is 6.54 Å². The summed E-state index contributed by atoms with van der Waals surface area (Å²) in [6, 6.07) is 7.54. The molecule has 0 aromatic heterocycles. The number of hydrogen-bond donors (Lipinski definition) is 2. The first kappa shape index (κ1) is 30.5. The minimum atomic E-state index is -0.817. The van der Waals surface area contributed by atoms with Crippen LogP contribution in [0.4, 0.5) is 4.79 Å². The number of nitrogens with zero attached hydrogens (tertiary/aromatic N) is 1. The number of alkyl carbamates (subject to hydrolysis) is 1. The zero-order chi connectivity index (χ0) is 26.6. The maximum atomic E-state index is 14.1. The fourth-order valence-corrected chi connectivity index (χ4v) is 3.83. The van der Waals surface area contributed by atoms with Gasteiger partial charge in [-0.3, -0.25) is 9.59 Å². The monoisotopic (exact) mass is 489 g/mol. The lowest BCUT2D eigenvalue weighted by atomic mass is 9.94. The first-order chi connectivity index (χ1) is 16.5. The van der Waals surface area contributed by atoms with E-state index in [4.69, 9.17) is 4.74 Å². The molecule has 4 atom stereocenters. The molecule has 0 radical (unpaired) electrons. The van der Waals surface area contributed by atoms with Crippen LogP contribution in [-0.2, 0) is 14.3 Å². The average Bonchev–Trinajstić information content (AvgIpc) is 2.81. The first-order valence-electron chi connectivity index (χ1n) is 13.1. The van der Waals surface area contributed by atoms with Gasteiger partial charge in [-0.2, -0.15) is 0 Å². The molecule has 0 aliphatic carbocycles. The summed E-state index contributed by atoms with van der Waals surface area (Å²) in [6.45, 7) is 15.9. The van der Waals surface area contributed by atoms with E-state index in [2.05, 4.69) is 17.6 Å². The van der Waals surface area contributed by atoms with Crippen LogP contribution in [0.1, 0.15) is 99.1 Å². The van der Waals surface area contributed by atoms with E-state index in [0.717, 1.165) is 24.8 Å². The van der Waals surface area contributed by atoms with Crippen molar-refractivity contribution >= 4 is 17.9 Å². The Kier molecular flexibility index (Phi) is 12.8. The normalized spacial score (nSPS) is 14.9. The van der Waals surface area contributed by atoms with E-state index in [1.165, 1.54) is 0 Å². The van der Waals surface area contributed by atoms with Gasteiger partial charge in [-0.25, -0.2) is 4.79 Å². The van der Waals surface area contributed by atoms with Gasteiger partial charge in [0.1, 0.15) is 17.7 Å². The Morgan fingerprint density at radius 2 is 1.60 bits per heavy atom. The van der Waals surface area contributed by atoms with Crippen LogP contribution in [0.5, 0.6) is 0 Å². The van der Waals surface area contributed by atoms with E-state index < -0.39 is 23.8 Å². The van der Waals surface area contributed by atoms with E-state index >= 15 is 0 Å². The van der Waals surface area contributed by atoms with Gasteiger partial charge in [0.05, 0.1) is 0 Å². The average molecular weight is 490 g/mol. The van der Waals surface area contributed by atoms with Crippen LogP contribution in [0.2, 0.25) is 0 Å². The van der Waals surface area contributed by atoms with Gasteiger partial charge < -0.3 is 20.3 Å². The zero-order valence-corrected chi connectivity index (χ0v) is 23.0. The molecule has 2 N–H and O–H groups in total. The molecule has 0 bridgehead atoms. The molecule has 0 aliphatic rings. The highest BCUT2D eigenvalue weighted by Gasteiger charge is 2.39. The topological polar surface area (TPSA) is 87.7 Å². The second-order valence-electron chi connectivity index (χ2n) is 10.3. The largest absolute Gasteiger partial charge is 0.444 e. The minimum Gasteiger partial charge on any atom is -0.444 e. The summed E-state index contributed by atoms with van der Waals surface area (Å²) < 4.78 is 5.45. The van der Waals surface area contributed by atoms with Crippen molar-refractivity contribution in [3.63, 3.8) is 0 Å². The Hall–Kier alpha value is -2.57. The van der Waals surface area contributed by atoms with Crippen molar-refractivity contribution in [3.8, 4) is 0 Å². The Labute approximate surface area is 212 Å². The summed E-state index contributed by atoms with van der Waals surface area (Å²) in [4.78, 5) is 41.9. The quantitative estimate of drug-likeness (QED) is 0.353. The highest BCUT2D eigenvalue weighted by atomic mass is 16.6. The van der Waals surface area contributed by atoms with E-state index in [0.29, 0.717) is 19.4 Å². The summed E-state index contributed by atoms with van der Waals surface area (Å²) >= 11 is 0. The van der Waals surface area contributed by atoms with Gasteiger partial charge in [0.2, 0.25) is 11.8 Å². The Morgan fingerprint density at radius 3 is 2.11 bits per heavy atom. The van der Waals surface area contributed by atoms with Gasteiger partial charge in [0.25, 0.3) is 0 Å². The highest BCUT2D eigenvalue weighted by Crippen LogP contribution is 2.27. The number of unbranched alkanes of at least 4 members (excludes halogenated alkanes) is 2. The first-order valence-corrected chi connectivity index (χ1v) is 13.1. The van der Waals surface area contributed by atoms with Gasteiger partial charge in [0.15, 0.2) is 0 Å². The number of hydrogen-bond acceptors (Lipinski definition) is 4. The lowest BCUT2D eigenvalue weighted by Crippen LogP contribution is -2.57. The maximum Gasteiger partial charge on any atom is 0.408 e. The van der Waals surface area contributed by atoms with Crippen molar-refractivity contribution in [2.24, 2.45) is 5.92 Å². The predicted molar refractivity (Wildman–Crippen MR) is 141 cm³/mol. The third-order valence-electron chi connectivity index (χ3n) is 6.19. The van der Waals surface area contributed by atoms with Crippen molar-refractivity contribution in [3.05, 3.63) is 35.9 Å². The molecule has 0 saturated heterocycles. The number of nitrogens with one attached hydrogen (secondary N) is 2. The molecule has 1 aromatic rings. The van der Waals surface area contributed by atoms with Crippen LogP contribution < -0.4 is 10.6 Å². The van der Waals surface area contributed by atoms with Gasteiger partial charge in [0, 0.05) is 12.6 Å². The molecule has 7 nitrogen and oxygen atoms in total. The summed E-state index contributed by atoms with van der Waals surface area (Å²) in [5.41, 5.74) is 0.0587. The third kappa shape index (κ3) is 9.90. The molecule has 35 heavy (non-hydrogen) atoms. The summed E-state index contributed by atoms with van der Waals surface area (Å²) in [6.07, 6.45) is 3.68. The molecule has 0 spiro atoms. The molecule has 0 fully saturated rings. The third-order valence-corrected chi connectivity index (χ3v) is 6.19. The van der Waals surface area contributed by atoms with E-state index in [1.54, 1.807) is 25.7 Å². The molecule has 0 aliphatic heterocycles. The highest BCUT2D eigenvalue weighted by molar-refractivity contribution is 5.92. The molecular weight excluding hydrogens is 442 g/mol. The number of amides is 3. The lowest BCUT2D eigenvalue weighted by Gasteiger charge is -2.39. The standard InChI is InChI=1S/C28H47N3O4/c1-9-12-16-19-29-25(32)24(22-17-14-13-15-18-22)31(21(5)11-3)26(33)23(20(4)10-2)30-27(34)35-28(6,7)8/h13-15,17-18,20-21,23-24H,9-12,16,19H2,1-8H3,(H,29,32)(H,30,34). The molecular formula is C28H47N3O4. The Balaban J connectivity index is 3.40. The molecule has 1 rings (SSSR count). The zero-order valence-electron chi connectivity index (χ0n) is 23.0. The molecule has 1 aromatic carbocycles. The van der Waals surface area contributed by atoms with Crippen LogP contribution in [-0.4, -0.2) is 47.0 Å². The van der Waals surface area contributed by atoms with Crippen LogP contribution in [0.25, 0.3) is 0 Å². The number of carbonyl (C=O) groups excluding carboxylic acids is 3. The molecule has 3 amide bonds. The SMILES string of the molecule is CCCCCNC(=O)C(c1ccccc1)N(C(=O)C(NC(=O)OC(C)(C)C)C(C)CC)C(C)CC. The Morgan fingerprint density at radius 1 is 0.971 bits per heavy atom. The summed E-state index contributed by atoms with van der Waals surface area (Å²) in [5, 5.41) is 5.84. The number of carbonyl (C=O) groups is 3. The molecule has 198 valence electrons. The second-order valence-corrected chi connectivity index (χ2v) is 10.3. The summed E-state index contributed by atoms with van der Waals surface area (Å²) in [7, 11) is 0. The van der Waals surface area contributed by atoms with Crippen LogP contribution in [0, 0.1) is 5.92 Å². The van der Waals surface area contributed by atoms with Crippen molar-refractivity contribution in [2.45, 2.75) is 111 Å². The van der Waals surface area contributed by atoms with Gasteiger partial charge in [-0.15, -0.1) is 0 Å². The maximum absolute atomic E-state index is 14.1. The van der Waals surface area contributed by atoms with Crippen LogP contribution >= 0.6 is 0 Å². The predicted octanol–water partition coefficient (Wildman–Crippen LogP) is 5.60. The Bertz CT molecular complexity index is 791. The number of rotatable bonds is 13. The van der Waals surface area contributed by atoms with Crippen molar-refractivity contribution in [1.29, 1.82) is 0 Å². The van der Waals surface area contributed by atoms with Gasteiger partial charge in [-0.05, 0) is 52.0 Å². The van der Waals surface area contributed by atoms with E-state index in [9.17, 15) is 14.4 Å². The van der Waals surface area contributed by atoms with Crippen LogP contribution in [0.15, 0.2) is 30.3 Å². The van der Waals surface area contributed by atoms with E-state index in [1.807, 2.05) is 58.0 Å². The van der Waals surface area contributed by atoms with E-state index in [-0.39, 0.29) is 23.8 Å². The number of benzene rings is 1. The van der Waals surface area contributed by atoms with Crippen molar-refractivity contribution in [1.82, 2.24) is 15.5 Å². The van der Waals surface area contributed by atoms with Crippen LogP contribution in [0.3, 0.4) is 0 Å². The summed E-state index contributed by atoms with van der Waals surface area (Å²) in [5.74, 6) is -0.635. The second kappa shape index (κ2) is 14.7. The van der Waals surface area contributed by atoms with Gasteiger partial charge >= 0.3 is 6.09 Å². The number of ether oxygens (including phenoxy) is 1. The minimum absolute atomic E-state index is 0.148. The molecule has 0 heterocycles. The fourth-order valence-electron chi connectivity index (χ4n) is 3.83. The fraction of sp³-hybridized carbons (Fsp3) is 0.679. The molecule has 7 heteroatoms. The smallest absolute Gasteiger partial charge is 0.408 e. The van der Waals surface area contributed by atoms with Crippen molar-refractivity contribution < 1.29 is 19.1 Å². The molecule has 4 unspecified atom stereocenters.